The van der Waals surface area contributed by atoms with Crippen LogP contribution in [0, 0.1) is 6.92 Å². The highest BCUT2D eigenvalue weighted by Crippen LogP contribution is 2.27. The van der Waals surface area contributed by atoms with E-state index in [-0.39, 0.29) is 0 Å². The first-order chi connectivity index (χ1) is 6.34. The number of aromatic nitrogens is 2. The lowest BCUT2D eigenvalue weighted by molar-refractivity contribution is -0.0673. The average molecular weight is 179 g/mol. The minimum Gasteiger partial charge on any atom is -0.378 e. The minimum absolute atomic E-state index is 0.633. The lowest BCUT2D eigenvalue weighted by Crippen LogP contribution is -2.46. The van der Waals surface area contributed by atoms with Gasteiger partial charge in [0.15, 0.2) is 0 Å². The van der Waals surface area contributed by atoms with E-state index in [0.29, 0.717) is 6.04 Å². The largest absolute Gasteiger partial charge is 0.378 e. The smallest absolute Gasteiger partial charge is 0.0810 e. The molecule has 2 aliphatic rings. The van der Waals surface area contributed by atoms with Gasteiger partial charge >= 0.3 is 0 Å². The van der Waals surface area contributed by atoms with Crippen molar-refractivity contribution in [2.45, 2.75) is 26.1 Å². The first-order valence-electron chi connectivity index (χ1n) is 4.69. The van der Waals surface area contributed by atoms with Crippen molar-refractivity contribution < 1.29 is 4.74 Å². The number of fused-ring (bicyclic) bond motifs is 1. The summed E-state index contributed by atoms with van der Waals surface area (Å²) in [7, 11) is 0. The van der Waals surface area contributed by atoms with Crippen molar-refractivity contribution in [3.8, 4) is 0 Å². The van der Waals surface area contributed by atoms with Gasteiger partial charge in [0.1, 0.15) is 0 Å². The van der Waals surface area contributed by atoms with E-state index < -0.39 is 0 Å². The summed E-state index contributed by atoms with van der Waals surface area (Å²) in [5.41, 5.74) is 3.84. The quantitative estimate of drug-likeness (QED) is 0.679. The summed E-state index contributed by atoms with van der Waals surface area (Å²) in [4.78, 5) is 2.45. The Hall–Kier alpha value is -0.870. The van der Waals surface area contributed by atoms with Gasteiger partial charge < -0.3 is 4.74 Å². The topological polar surface area (TPSA) is 41.2 Å². The van der Waals surface area contributed by atoms with Crippen LogP contribution in [0.2, 0.25) is 0 Å². The van der Waals surface area contributed by atoms with Crippen molar-refractivity contribution in [3.63, 3.8) is 0 Å². The Morgan fingerprint density at radius 2 is 2.31 bits per heavy atom. The average Bonchev–Trinajstić information content (AvgIpc) is 2.51. The molecule has 1 fully saturated rings. The summed E-state index contributed by atoms with van der Waals surface area (Å²) in [5.74, 6) is 0. The SMILES string of the molecule is Cc1[nH]nc2c1CN(C1COC1)C2. The number of H-pyrrole nitrogens is 1. The Labute approximate surface area is 76.9 Å². The fourth-order valence-electron chi connectivity index (χ4n) is 1.99. The Balaban J connectivity index is 1.81. The van der Waals surface area contributed by atoms with E-state index in [4.69, 9.17) is 4.74 Å². The predicted octanol–water partition coefficient (Wildman–Crippen LogP) is 0.433. The van der Waals surface area contributed by atoms with Gasteiger partial charge in [-0.1, -0.05) is 0 Å². The number of hydrogen-bond acceptors (Lipinski definition) is 3. The zero-order valence-corrected chi connectivity index (χ0v) is 7.71. The number of nitrogens with zero attached hydrogens (tertiary/aromatic N) is 2. The molecular formula is C9H13N3O. The second-order valence-corrected chi connectivity index (χ2v) is 3.87. The van der Waals surface area contributed by atoms with Gasteiger partial charge in [-0.15, -0.1) is 0 Å². The van der Waals surface area contributed by atoms with Gasteiger partial charge in [-0.25, -0.2) is 0 Å². The highest BCUT2D eigenvalue weighted by Gasteiger charge is 2.32. The minimum atomic E-state index is 0.633. The third kappa shape index (κ3) is 1.02. The summed E-state index contributed by atoms with van der Waals surface area (Å²) in [6.07, 6.45) is 0. The Bertz CT molecular complexity index is 330. The van der Waals surface area contributed by atoms with Gasteiger partial charge in [0.05, 0.1) is 24.9 Å². The van der Waals surface area contributed by atoms with Gasteiger partial charge in [0.2, 0.25) is 0 Å². The Kier molecular flexibility index (Phi) is 1.48. The number of aromatic amines is 1. The van der Waals surface area contributed by atoms with Crippen LogP contribution in [-0.4, -0.2) is 34.4 Å². The second-order valence-electron chi connectivity index (χ2n) is 3.87. The van der Waals surface area contributed by atoms with Crippen molar-refractivity contribution >= 4 is 0 Å². The molecule has 3 heterocycles. The van der Waals surface area contributed by atoms with Crippen LogP contribution >= 0.6 is 0 Å². The van der Waals surface area contributed by atoms with E-state index >= 15 is 0 Å². The first kappa shape index (κ1) is 7.53. The van der Waals surface area contributed by atoms with E-state index in [1.165, 1.54) is 17.0 Å². The molecular weight excluding hydrogens is 166 g/mol. The predicted molar refractivity (Wildman–Crippen MR) is 47.2 cm³/mol. The molecule has 1 aromatic rings. The molecule has 4 nitrogen and oxygen atoms in total. The molecule has 1 N–H and O–H groups in total. The van der Waals surface area contributed by atoms with Gasteiger partial charge in [0, 0.05) is 24.3 Å². The van der Waals surface area contributed by atoms with Crippen LogP contribution in [0.5, 0.6) is 0 Å². The second kappa shape index (κ2) is 2.56. The fourth-order valence-corrected chi connectivity index (χ4v) is 1.99. The number of ether oxygens (including phenoxy) is 1. The fraction of sp³-hybridized carbons (Fsp3) is 0.667. The molecule has 0 atom stereocenters. The highest BCUT2D eigenvalue weighted by atomic mass is 16.5. The van der Waals surface area contributed by atoms with Crippen LogP contribution in [-0.2, 0) is 17.8 Å². The summed E-state index contributed by atoms with van der Waals surface area (Å²) in [5, 5.41) is 7.31. The highest BCUT2D eigenvalue weighted by molar-refractivity contribution is 5.28. The molecule has 4 heteroatoms. The van der Waals surface area contributed by atoms with Gasteiger partial charge in [-0.05, 0) is 6.92 Å². The molecule has 0 amide bonds. The molecule has 0 bridgehead atoms. The van der Waals surface area contributed by atoms with Crippen LogP contribution in [0.4, 0.5) is 0 Å². The molecule has 0 spiro atoms. The number of aryl methyl sites for hydroxylation is 1. The van der Waals surface area contributed by atoms with Crippen LogP contribution < -0.4 is 0 Å². The number of rotatable bonds is 1. The number of nitrogens with one attached hydrogen (secondary N) is 1. The zero-order chi connectivity index (χ0) is 8.84. The molecule has 3 rings (SSSR count). The van der Waals surface area contributed by atoms with Crippen LogP contribution in [0.25, 0.3) is 0 Å². The first-order valence-corrected chi connectivity index (χ1v) is 4.69. The van der Waals surface area contributed by atoms with Gasteiger partial charge in [-0.2, -0.15) is 5.10 Å². The van der Waals surface area contributed by atoms with E-state index in [2.05, 4.69) is 22.0 Å². The summed E-state index contributed by atoms with van der Waals surface area (Å²) >= 11 is 0. The maximum absolute atomic E-state index is 5.18. The third-order valence-electron chi connectivity index (χ3n) is 3.01. The molecule has 70 valence electrons. The maximum Gasteiger partial charge on any atom is 0.0810 e. The normalized spacial score (nSPS) is 23.2. The van der Waals surface area contributed by atoms with Crippen molar-refractivity contribution in [1.29, 1.82) is 0 Å². The monoisotopic (exact) mass is 179 g/mol. The van der Waals surface area contributed by atoms with Crippen molar-refractivity contribution in [3.05, 3.63) is 17.0 Å². The molecule has 0 aliphatic carbocycles. The summed E-state index contributed by atoms with van der Waals surface area (Å²) in [6.45, 7) is 5.92. The lowest BCUT2D eigenvalue weighted by atomic mass is 10.2. The summed E-state index contributed by atoms with van der Waals surface area (Å²) in [6, 6.07) is 0.633. The maximum atomic E-state index is 5.18. The third-order valence-corrected chi connectivity index (χ3v) is 3.01. The van der Waals surface area contributed by atoms with E-state index in [9.17, 15) is 0 Å². The van der Waals surface area contributed by atoms with E-state index in [1.807, 2.05) is 0 Å². The Morgan fingerprint density at radius 3 is 2.92 bits per heavy atom. The van der Waals surface area contributed by atoms with Crippen LogP contribution in [0.3, 0.4) is 0 Å². The van der Waals surface area contributed by atoms with Crippen LogP contribution in [0.15, 0.2) is 0 Å². The molecule has 0 radical (unpaired) electrons. The molecule has 1 saturated heterocycles. The standard InChI is InChI=1S/C9H13N3O/c1-6-8-2-12(7-4-13-5-7)3-9(8)11-10-6/h7H,2-5H2,1H3,(H,10,11). The molecule has 2 aliphatic heterocycles. The van der Waals surface area contributed by atoms with Crippen molar-refractivity contribution in [2.75, 3.05) is 13.2 Å². The lowest BCUT2D eigenvalue weighted by Gasteiger charge is -2.34. The molecule has 13 heavy (non-hydrogen) atoms. The number of hydrogen-bond donors (Lipinski definition) is 1. The molecule has 0 aromatic carbocycles. The molecule has 0 unspecified atom stereocenters. The molecule has 0 saturated carbocycles. The molecule has 1 aromatic heterocycles. The zero-order valence-electron chi connectivity index (χ0n) is 7.71. The van der Waals surface area contributed by atoms with Crippen molar-refractivity contribution in [2.24, 2.45) is 0 Å². The van der Waals surface area contributed by atoms with Crippen LogP contribution in [0.1, 0.15) is 17.0 Å². The van der Waals surface area contributed by atoms with Gasteiger partial charge in [-0.3, -0.25) is 10.00 Å². The Morgan fingerprint density at radius 1 is 1.46 bits per heavy atom. The van der Waals surface area contributed by atoms with Gasteiger partial charge in [0.25, 0.3) is 0 Å². The van der Waals surface area contributed by atoms with Crippen molar-refractivity contribution in [1.82, 2.24) is 15.1 Å². The van der Waals surface area contributed by atoms with E-state index in [1.54, 1.807) is 0 Å². The summed E-state index contributed by atoms with van der Waals surface area (Å²) < 4.78 is 5.18. The van der Waals surface area contributed by atoms with E-state index in [0.717, 1.165) is 26.3 Å².